The average molecular weight is 543 g/mol. The van der Waals surface area contributed by atoms with Gasteiger partial charge in [-0.05, 0) is 41.3 Å². The van der Waals surface area contributed by atoms with Crippen LogP contribution in [0.4, 0.5) is 0 Å². The SMILES string of the molecule is NC(=O)C1(NC(=O)CCc2cn(-c3ccccc3)nc2-c2ccc(-c3ccccc3)cc2)CCOc2ccccc21. The number of aromatic nitrogens is 2. The van der Waals surface area contributed by atoms with Crippen molar-refractivity contribution in [2.75, 3.05) is 6.61 Å². The second-order valence-electron chi connectivity index (χ2n) is 10.1. The molecule has 1 unspecified atom stereocenters. The molecule has 6 rings (SSSR count). The third kappa shape index (κ3) is 5.22. The summed E-state index contributed by atoms with van der Waals surface area (Å²) in [6.07, 6.45) is 2.84. The van der Waals surface area contributed by atoms with Crippen molar-refractivity contribution in [1.82, 2.24) is 15.1 Å². The van der Waals surface area contributed by atoms with Gasteiger partial charge >= 0.3 is 0 Å². The summed E-state index contributed by atoms with van der Waals surface area (Å²) in [6, 6.07) is 35.6. The van der Waals surface area contributed by atoms with Gasteiger partial charge < -0.3 is 15.8 Å². The summed E-state index contributed by atoms with van der Waals surface area (Å²) >= 11 is 0. The summed E-state index contributed by atoms with van der Waals surface area (Å²) in [6.45, 7) is 0.285. The van der Waals surface area contributed by atoms with Crippen LogP contribution >= 0.6 is 0 Å². The maximum absolute atomic E-state index is 13.3. The lowest BCUT2D eigenvalue weighted by atomic mass is 9.83. The van der Waals surface area contributed by atoms with Crippen LogP contribution in [0.1, 0.15) is 24.0 Å². The highest BCUT2D eigenvalue weighted by atomic mass is 16.5. The van der Waals surface area contributed by atoms with Gasteiger partial charge in [0.05, 0.1) is 18.0 Å². The van der Waals surface area contributed by atoms with Gasteiger partial charge in [0.15, 0.2) is 5.54 Å². The van der Waals surface area contributed by atoms with E-state index in [0.29, 0.717) is 17.7 Å². The van der Waals surface area contributed by atoms with Gasteiger partial charge in [0, 0.05) is 30.2 Å². The van der Waals surface area contributed by atoms with Crippen LogP contribution in [0.25, 0.3) is 28.1 Å². The van der Waals surface area contributed by atoms with E-state index in [1.54, 1.807) is 12.1 Å². The van der Waals surface area contributed by atoms with Crippen molar-refractivity contribution in [3.05, 3.63) is 127 Å². The summed E-state index contributed by atoms with van der Waals surface area (Å²) < 4.78 is 7.56. The molecular weight excluding hydrogens is 512 g/mol. The maximum atomic E-state index is 13.3. The minimum atomic E-state index is -1.31. The van der Waals surface area contributed by atoms with Crippen LogP contribution in [0.2, 0.25) is 0 Å². The molecular formula is C34H30N4O3. The summed E-state index contributed by atoms with van der Waals surface area (Å²) in [7, 11) is 0. The van der Waals surface area contributed by atoms with Gasteiger partial charge in [-0.3, -0.25) is 9.59 Å². The number of benzene rings is 4. The first-order chi connectivity index (χ1) is 20.0. The molecule has 0 saturated heterocycles. The smallest absolute Gasteiger partial charge is 0.248 e. The monoisotopic (exact) mass is 542 g/mol. The molecule has 3 N–H and O–H groups in total. The van der Waals surface area contributed by atoms with Gasteiger partial charge in [-0.25, -0.2) is 4.68 Å². The van der Waals surface area contributed by atoms with Gasteiger partial charge in [-0.15, -0.1) is 0 Å². The second-order valence-corrected chi connectivity index (χ2v) is 10.1. The molecule has 1 aliphatic rings. The van der Waals surface area contributed by atoms with E-state index in [2.05, 4.69) is 41.7 Å². The Morgan fingerprint density at radius 3 is 2.20 bits per heavy atom. The topological polar surface area (TPSA) is 99.2 Å². The van der Waals surface area contributed by atoms with Crippen molar-refractivity contribution in [2.45, 2.75) is 24.8 Å². The Balaban J connectivity index is 1.27. The predicted molar refractivity (Wildman–Crippen MR) is 158 cm³/mol. The highest BCUT2D eigenvalue weighted by Gasteiger charge is 2.44. The molecule has 5 aromatic rings. The summed E-state index contributed by atoms with van der Waals surface area (Å²) in [5.41, 5.74) is 11.0. The predicted octanol–water partition coefficient (Wildman–Crippen LogP) is 5.42. The Bertz CT molecular complexity index is 1680. The first-order valence-corrected chi connectivity index (χ1v) is 13.7. The standard InChI is InChI=1S/C34H30N4O3/c35-33(40)34(21-22-41-30-14-8-7-13-29(30)34)36-31(39)20-19-27-23-38(28-11-5-2-6-12-28)37-32(27)26-17-15-25(16-18-26)24-9-3-1-4-10-24/h1-18,23H,19-22H2,(H2,35,40)(H,36,39). The highest BCUT2D eigenvalue weighted by Crippen LogP contribution is 2.37. The van der Waals surface area contributed by atoms with Gasteiger partial charge in [-0.2, -0.15) is 5.10 Å². The van der Waals surface area contributed by atoms with Gasteiger partial charge in [0.25, 0.3) is 0 Å². The minimum absolute atomic E-state index is 0.160. The molecule has 1 aromatic heterocycles. The molecule has 0 saturated carbocycles. The van der Waals surface area contributed by atoms with Crippen LogP contribution in [0.15, 0.2) is 115 Å². The molecule has 7 heteroatoms. The maximum Gasteiger partial charge on any atom is 0.248 e. The number of aryl methyl sites for hydroxylation is 1. The average Bonchev–Trinajstić information content (AvgIpc) is 3.45. The Hall–Kier alpha value is -5.17. The van der Waals surface area contributed by atoms with E-state index >= 15 is 0 Å². The molecule has 0 radical (unpaired) electrons. The molecule has 4 aromatic carbocycles. The van der Waals surface area contributed by atoms with Crippen LogP contribution in [0, 0.1) is 0 Å². The number of amides is 2. The number of rotatable bonds is 8. The Labute approximate surface area is 238 Å². The van der Waals surface area contributed by atoms with E-state index in [-0.39, 0.29) is 25.4 Å². The number of hydrogen-bond acceptors (Lipinski definition) is 4. The Morgan fingerprint density at radius 2 is 1.46 bits per heavy atom. The fraction of sp³-hybridized carbons (Fsp3) is 0.147. The zero-order valence-corrected chi connectivity index (χ0v) is 22.5. The van der Waals surface area contributed by atoms with Crippen molar-refractivity contribution in [1.29, 1.82) is 0 Å². The van der Waals surface area contributed by atoms with E-state index in [0.717, 1.165) is 33.6 Å². The van der Waals surface area contributed by atoms with Crippen LogP contribution in [0.3, 0.4) is 0 Å². The van der Waals surface area contributed by atoms with Crippen molar-refractivity contribution >= 4 is 11.8 Å². The van der Waals surface area contributed by atoms with Crippen LogP contribution < -0.4 is 15.8 Å². The molecule has 2 heterocycles. The number of fused-ring (bicyclic) bond motifs is 1. The third-order valence-electron chi connectivity index (χ3n) is 7.55. The number of primary amides is 1. The lowest BCUT2D eigenvalue weighted by Gasteiger charge is -2.36. The zero-order valence-electron chi connectivity index (χ0n) is 22.5. The Kier molecular flexibility index (Phi) is 7.08. The molecule has 0 fully saturated rings. The van der Waals surface area contributed by atoms with Gasteiger partial charge in [0.2, 0.25) is 11.8 Å². The fourth-order valence-electron chi connectivity index (χ4n) is 5.39. The number of hydrogen-bond donors (Lipinski definition) is 2. The van der Waals surface area contributed by atoms with E-state index in [1.165, 1.54) is 0 Å². The number of ether oxygens (including phenoxy) is 1. The molecule has 0 spiro atoms. The van der Waals surface area contributed by atoms with Crippen molar-refractivity contribution in [3.63, 3.8) is 0 Å². The first-order valence-electron chi connectivity index (χ1n) is 13.7. The quantitative estimate of drug-likeness (QED) is 0.274. The molecule has 0 aliphatic carbocycles. The van der Waals surface area contributed by atoms with E-state index in [9.17, 15) is 9.59 Å². The lowest BCUT2D eigenvalue weighted by Crippen LogP contribution is -2.57. The summed E-state index contributed by atoms with van der Waals surface area (Å²) in [5.74, 6) is -0.306. The number of para-hydroxylation sites is 2. The molecule has 1 atom stereocenters. The van der Waals surface area contributed by atoms with Gasteiger partial charge in [0.1, 0.15) is 5.75 Å². The zero-order chi connectivity index (χ0) is 28.2. The van der Waals surface area contributed by atoms with Crippen molar-refractivity contribution < 1.29 is 14.3 Å². The molecule has 41 heavy (non-hydrogen) atoms. The summed E-state index contributed by atoms with van der Waals surface area (Å²) in [4.78, 5) is 26.1. The fourth-order valence-corrected chi connectivity index (χ4v) is 5.39. The van der Waals surface area contributed by atoms with Crippen LogP contribution in [0.5, 0.6) is 5.75 Å². The van der Waals surface area contributed by atoms with E-state index < -0.39 is 11.4 Å². The van der Waals surface area contributed by atoms with Gasteiger partial charge in [-0.1, -0.05) is 91.0 Å². The molecule has 2 amide bonds. The van der Waals surface area contributed by atoms with Crippen molar-refractivity contribution in [2.24, 2.45) is 5.73 Å². The number of carbonyl (C=O) groups excluding carboxylic acids is 2. The summed E-state index contributed by atoms with van der Waals surface area (Å²) in [5, 5.41) is 7.87. The Morgan fingerprint density at radius 1 is 0.829 bits per heavy atom. The van der Waals surface area contributed by atoms with Crippen LogP contribution in [-0.2, 0) is 21.5 Å². The van der Waals surface area contributed by atoms with E-state index in [1.807, 2.05) is 71.5 Å². The molecule has 204 valence electrons. The number of nitrogens with zero attached hydrogens (tertiary/aromatic N) is 2. The molecule has 0 bridgehead atoms. The first kappa shape index (κ1) is 26.1. The molecule has 7 nitrogen and oxygen atoms in total. The largest absolute Gasteiger partial charge is 0.493 e. The van der Waals surface area contributed by atoms with Crippen molar-refractivity contribution in [3.8, 4) is 33.8 Å². The number of nitrogens with one attached hydrogen (secondary N) is 1. The highest BCUT2D eigenvalue weighted by molar-refractivity contribution is 5.92. The second kappa shape index (κ2) is 11.1. The molecule has 1 aliphatic heterocycles. The minimum Gasteiger partial charge on any atom is -0.493 e. The normalized spacial score (nSPS) is 15.9. The van der Waals surface area contributed by atoms with Crippen LogP contribution in [-0.4, -0.2) is 28.2 Å². The number of nitrogens with two attached hydrogens (primary N) is 1. The third-order valence-corrected chi connectivity index (χ3v) is 7.55. The number of carbonyl (C=O) groups is 2. The lowest BCUT2D eigenvalue weighted by molar-refractivity contribution is -0.133. The van der Waals surface area contributed by atoms with E-state index in [4.69, 9.17) is 15.6 Å².